The van der Waals surface area contributed by atoms with Gasteiger partial charge in [0.25, 0.3) is 5.91 Å². The van der Waals surface area contributed by atoms with Gasteiger partial charge in [0.2, 0.25) is 5.91 Å². The van der Waals surface area contributed by atoms with Gasteiger partial charge >= 0.3 is 0 Å². The highest BCUT2D eigenvalue weighted by molar-refractivity contribution is 6.10. The van der Waals surface area contributed by atoms with Crippen LogP contribution in [-0.2, 0) is 4.79 Å². The number of alkyl halides is 1. The lowest BCUT2D eigenvalue weighted by atomic mass is 9.94. The molecule has 2 saturated heterocycles. The molecule has 0 radical (unpaired) electrons. The molecule has 4 rings (SSSR count). The minimum absolute atomic E-state index is 0.223. The molecule has 2 aromatic rings. The summed E-state index contributed by atoms with van der Waals surface area (Å²) < 4.78 is 34.8. The Bertz CT molecular complexity index is 1210. The van der Waals surface area contributed by atoms with Gasteiger partial charge < -0.3 is 15.0 Å². The number of ether oxygens (including phenoxy) is 1. The molecule has 0 unspecified atom stereocenters. The van der Waals surface area contributed by atoms with Crippen LogP contribution in [0, 0.1) is 23.1 Å². The number of nitriles is 1. The van der Waals surface area contributed by atoms with Crippen LogP contribution >= 0.6 is 0 Å². The van der Waals surface area contributed by atoms with E-state index in [1.807, 2.05) is 0 Å². The van der Waals surface area contributed by atoms with E-state index < -0.39 is 29.3 Å². The van der Waals surface area contributed by atoms with Gasteiger partial charge in [-0.15, -0.1) is 0 Å². The summed E-state index contributed by atoms with van der Waals surface area (Å²) in [5, 5.41) is 15.1. The number of nitrogens with zero attached hydrogens (tertiary/aromatic N) is 2. The molecule has 0 aliphatic carbocycles. The van der Waals surface area contributed by atoms with Crippen molar-refractivity contribution in [1.82, 2.24) is 15.5 Å². The van der Waals surface area contributed by atoms with Crippen LogP contribution in [0.1, 0.15) is 55.5 Å². The molecular weight excluding hydrogens is 490 g/mol. The first-order chi connectivity index (χ1) is 18.1. The predicted molar refractivity (Wildman–Crippen MR) is 140 cm³/mol. The maximum Gasteiger partial charge on any atom is 0.261 e. The highest BCUT2D eigenvalue weighted by Crippen LogP contribution is 2.32. The van der Waals surface area contributed by atoms with E-state index in [2.05, 4.69) is 21.6 Å². The number of benzene rings is 2. The van der Waals surface area contributed by atoms with E-state index in [1.165, 1.54) is 6.07 Å². The Morgan fingerprint density at radius 3 is 2.61 bits per heavy atom. The van der Waals surface area contributed by atoms with Crippen molar-refractivity contribution < 1.29 is 23.1 Å². The lowest BCUT2D eigenvalue weighted by Gasteiger charge is -2.34. The molecule has 2 amide bonds. The monoisotopic (exact) mass is 524 g/mol. The van der Waals surface area contributed by atoms with Crippen LogP contribution in [-0.4, -0.2) is 61.2 Å². The van der Waals surface area contributed by atoms with Crippen molar-refractivity contribution in [2.75, 3.05) is 32.8 Å². The number of hydrogen-bond acceptors (Lipinski definition) is 6. The number of nitrogens with one attached hydrogen (secondary N) is 2. The standard InChI is InChI=1S/C29H34F2N4O3/c1-29(2,31)18-35-13-10-19(11-14-35)17-38-21-8-9-22(20(15-21)16-32)23-5-3-6-24(30)26(23)28(37)34-27(36)25-7-4-12-33-25/h3,5-6,8-9,15,19,25,33H,4,7,10-14,17-18H2,1-2H3,(H,34,36,37)/t25-/m0/s1. The van der Waals surface area contributed by atoms with Crippen LogP contribution in [0.15, 0.2) is 36.4 Å². The summed E-state index contributed by atoms with van der Waals surface area (Å²) in [6.45, 7) is 6.38. The molecule has 9 heteroatoms. The first-order valence-electron chi connectivity index (χ1n) is 13.1. The molecule has 2 fully saturated rings. The third-order valence-corrected chi connectivity index (χ3v) is 7.05. The summed E-state index contributed by atoms with van der Waals surface area (Å²) in [6, 6.07) is 10.7. The van der Waals surface area contributed by atoms with Gasteiger partial charge in [-0.25, -0.2) is 8.78 Å². The smallest absolute Gasteiger partial charge is 0.261 e. The lowest BCUT2D eigenvalue weighted by molar-refractivity contribution is -0.121. The van der Waals surface area contributed by atoms with E-state index in [0.29, 0.717) is 43.3 Å². The molecule has 2 N–H and O–H groups in total. The third kappa shape index (κ3) is 6.94. The Labute approximate surface area is 222 Å². The molecule has 1 atom stereocenters. The van der Waals surface area contributed by atoms with Crippen molar-refractivity contribution in [3.8, 4) is 22.9 Å². The average molecular weight is 525 g/mol. The summed E-state index contributed by atoms with van der Waals surface area (Å²) in [7, 11) is 0. The van der Waals surface area contributed by atoms with Gasteiger partial charge in [0, 0.05) is 12.1 Å². The van der Waals surface area contributed by atoms with Crippen molar-refractivity contribution in [3.63, 3.8) is 0 Å². The van der Waals surface area contributed by atoms with E-state index in [-0.39, 0.29) is 16.7 Å². The molecule has 0 saturated carbocycles. The highest BCUT2D eigenvalue weighted by Gasteiger charge is 2.28. The Kier molecular flexibility index (Phi) is 8.75. The number of amides is 2. The Morgan fingerprint density at radius 1 is 1.18 bits per heavy atom. The summed E-state index contributed by atoms with van der Waals surface area (Å²) in [5.41, 5.74) is -0.680. The fourth-order valence-electron chi connectivity index (χ4n) is 5.15. The van der Waals surface area contributed by atoms with Crippen LogP contribution in [0.2, 0.25) is 0 Å². The predicted octanol–water partition coefficient (Wildman–Crippen LogP) is 4.21. The van der Waals surface area contributed by atoms with Crippen molar-refractivity contribution >= 4 is 11.8 Å². The number of likely N-dealkylation sites (tertiary alicyclic amines) is 1. The number of imide groups is 1. The SMILES string of the molecule is CC(C)(F)CN1CCC(COc2ccc(-c3cccc(F)c3C(=O)NC(=O)[C@@H]3CCCN3)c(C#N)c2)CC1. The normalized spacial score (nSPS) is 18.7. The van der Waals surface area contributed by atoms with Gasteiger partial charge in [-0.1, -0.05) is 12.1 Å². The zero-order chi connectivity index (χ0) is 27.3. The van der Waals surface area contributed by atoms with Crippen molar-refractivity contribution in [3.05, 3.63) is 53.3 Å². The van der Waals surface area contributed by atoms with E-state index in [1.54, 1.807) is 38.1 Å². The fraction of sp³-hybridized carbons (Fsp3) is 0.483. The van der Waals surface area contributed by atoms with Crippen LogP contribution in [0.4, 0.5) is 8.78 Å². The largest absolute Gasteiger partial charge is 0.493 e. The summed E-state index contributed by atoms with van der Waals surface area (Å²) in [4.78, 5) is 27.5. The number of rotatable bonds is 8. The van der Waals surface area contributed by atoms with Gasteiger partial charge in [-0.3, -0.25) is 14.9 Å². The Balaban J connectivity index is 1.45. The van der Waals surface area contributed by atoms with Gasteiger partial charge in [0.05, 0.1) is 29.8 Å². The molecule has 0 aromatic heterocycles. The van der Waals surface area contributed by atoms with E-state index in [0.717, 1.165) is 38.4 Å². The first kappa shape index (κ1) is 27.7. The lowest BCUT2D eigenvalue weighted by Crippen LogP contribution is -2.43. The average Bonchev–Trinajstić information content (AvgIpc) is 3.42. The minimum Gasteiger partial charge on any atom is -0.493 e. The fourth-order valence-corrected chi connectivity index (χ4v) is 5.15. The third-order valence-electron chi connectivity index (χ3n) is 7.05. The second-order valence-electron chi connectivity index (χ2n) is 10.7. The zero-order valence-electron chi connectivity index (χ0n) is 21.9. The molecule has 202 valence electrons. The number of piperidine rings is 1. The Morgan fingerprint density at radius 2 is 1.95 bits per heavy atom. The number of carbonyl (C=O) groups is 2. The maximum absolute atomic E-state index is 14.9. The molecule has 7 nitrogen and oxygen atoms in total. The second kappa shape index (κ2) is 12.0. The molecule has 2 heterocycles. The molecule has 38 heavy (non-hydrogen) atoms. The molecule has 2 aliphatic rings. The molecular formula is C29H34F2N4O3. The topological polar surface area (TPSA) is 94.5 Å². The Hall–Kier alpha value is -3.35. The first-order valence-corrected chi connectivity index (χ1v) is 13.1. The minimum atomic E-state index is -1.22. The number of carbonyl (C=O) groups excluding carboxylic acids is 2. The van der Waals surface area contributed by atoms with E-state index in [4.69, 9.17) is 4.74 Å². The van der Waals surface area contributed by atoms with Gasteiger partial charge in [0.15, 0.2) is 0 Å². The van der Waals surface area contributed by atoms with Gasteiger partial charge in [-0.05, 0) is 94.9 Å². The molecule has 2 aromatic carbocycles. The van der Waals surface area contributed by atoms with Crippen LogP contribution < -0.4 is 15.4 Å². The maximum atomic E-state index is 14.9. The molecule has 2 aliphatic heterocycles. The summed E-state index contributed by atoms with van der Waals surface area (Å²) >= 11 is 0. The number of hydrogen-bond donors (Lipinski definition) is 2. The van der Waals surface area contributed by atoms with Crippen LogP contribution in [0.25, 0.3) is 11.1 Å². The van der Waals surface area contributed by atoms with Crippen molar-refractivity contribution in [2.45, 2.75) is 51.2 Å². The van der Waals surface area contributed by atoms with E-state index in [9.17, 15) is 23.6 Å². The highest BCUT2D eigenvalue weighted by atomic mass is 19.1. The van der Waals surface area contributed by atoms with E-state index >= 15 is 0 Å². The van der Waals surface area contributed by atoms with Crippen LogP contribution in [0.5, 0.6) is 5.75 Å². The van der Waals surface area contributed by atoms with Gasteiger partial charge in [-0.2, -0.15) is 5.26 Å². The van der Waals surface area contributed by atoms with Crippen LogP contribution in [0.3, 0.4) is 0 Å². The van der Waals surface area contributed by atoms with Gasteiger partial charge in [0.1, 0.15) is 17.2 Å². The molecule has 0 bridgehead atoms. The number of halogens is 2. The molecule has 0 spiro atoms. The van der Waals surface area contributed by atoms with Crippen molar-refractivity contribution in [1.29, 1.82) is 5.26 Å². The van der Waals surface area contributed by atoms with Crippen molar-refractivity contribution in [2.24, 2.45) is 5.92 Å². The quantitative estimate of drug-likeness (QED) is 0.503. The zero-order valence-corrected chi connectivity index (χ0v) is 21.9. The summed E-state index contributed by atoms with van der Waals surface area (Å²) in [5.74, 6) is -1.29. The second-order valence-corrected chi connectivity index (χ2v) is 10.7. The summed E-state index contributed by atoms with van der Waals surface area (Å²) in [6.07, 6.45) is 3.23.